The SMILES string of the molecule is CNC(=O)c1cc(C(=O)N[C@H]2[C@@H]3COC[C@@H]32)cc([C@H](O)c2ccccc2OC)n1. The molecule has 1 aliphatic heterocycles. The summed E-state index contributed by atoms with van der Waals surface area (Å²) in [6, 6.07) is 10.0. The maximum Gasteiger partial charge on any atom is 0.269 e. The van der Waals surface area contributed by atoms with Crippen molar-refractivity contribution >= 4 is 11.8 Å². The minimum absolute atomic E-state index is 0.0587. The van der Waals surface area contributed by atoms with Crippen LogP contribution in [-0.2, 0) is 4.74 Å². The van der Waals surface area contributed by atoms with E-state index in [1.54, 1.807) is 24.3 Å². The number of nitrogens with one attached hydrogen (secondary N) is 2. The van der Waals surface area contributed by atoms with E-state index in [9.17, 15) is 14.7 Å². The van der Waals surface area contributed by atoms with Crippen LogP contribution in [0.25, 0.3) is 0 Å². The summed E-state index contributed by atoms with van der Waals surface area (Å²) in [6.07, 6.45) is -1.16. The Morgan fingerprint density at radius 1 is 1.21 bits per heavy atom. The highest BCUT2D eigenvalue weighted by Gasteiger charge is 2.54. The molecular weight excluding hydrogens is 374 g/mol. The highest BCUT2D eigenvalue weighted by Crippen LogP contribution is 2.44. The predicted octanol–water partition coefficient (Wildman–Crippen LogP) is 0.906. The molecule has 0 spiro atoms. The average molecular weight is 397 g/mol. The van der Waals surface area contributed by atoms with Gasteiger partial charge in [0, 0.05) is 36.1 Å². The number of aliphatic hydroxyl groups excluding tert-OH is 1. The predicted molar refractivity (Wildman–Crippen MR) is 104 cm³/mol. The summed E-state index contributed by atoms with van der Waals surface area (Å²) >= 11 is 0. The van der Waals surface area contributed by atoms with Gasteiger partial charge in [-0.15, -0.1) is 0 Å². The van der Waals surface area contributed by atoms with Gasteiger partial charge in [-0.05, 0) is 18.2 Å². The molecule has 0 unspecified atom stereocenters. The van der Waals surface area contributed by atoms with Crippen LogP contribution in [0.15, 0.2) is 36.4 Å². The zero-order valence-corrected chi connectivity index (χ0v) is 16.2. The Bertz CT molecular complexity index is 938. The van der Waals surface area contributed by atoms with Crippen molar-refractivity contribution in [2.24, 2.45) is 11.8 Å². The summed E-state index contributed by atoms with van der Waals surface area (Å²) < 4.78 is 10.7. The van der Waals surface area contributed by atoms with E-state index in [2.05, 4.69) is 15.6 Å². The molecule has 3 N–H and O–H groups in total. The molecule has 1 aliphatic carbocycles. The van der Waals surface area contributed by atoms with Gasteiger partial charge in [0.05, 0.1) is 26.0 Å². The van der Waals surface area contributed by atoms with Crippen molar-refractivity contribution in [3.63, 3.8) is 0 Å². The fraction of sp³-hybridized carbons (Fsp3) is 0.381. The van der Waals surface area contributed by atoms with E-state index >= 15 is 0 Å². The average Bonchev–Trinajstić information content (AvgIpc) is 3.17. The molecule has 2 aromatic rings. The second-order valence-corrected chi connectivity index (χ2v) is 7.25. The number of pyridine rings is 1. The lowest BCUT2D eigenvalue weighted by Crippen LogP contribution is -2.31. The molecule has 1 saturated carbocycles. The molecule has 1 saturated heterocycles. The highest BCUT2D eigenvalue weighted by molar-refractivity contribution is 5.99. The van der Waals surface area contributed by atoms with Crippen LogP contribution in [0.2, 0.25) is 0 Å². The zero-order chi connectivity index (χ0) is 20.5. The van der Waals surface area contributed by atoms with E-state index in [0.717, 1.165) is 0 Å². The molecule has 1 aromatic heterocycles. The minimum Gasteiger partial charge on any atom is -0.496 e. The van der Waals surface area contributed by atoms with Crippen molar-refractivity contribution in [1.82, 2.24) is 15.6 Å². The normalized spacial score (nSPS) is 23.1. The number of benzene rings is 1. The number of methoxy groups -OCH3 is 1. The number of fused-ring (bicyclic) bond motifs is 1. The topological polar surface area (TPSA) is 110 Å². The minimum atomic E-state index is -1.16. The largest absolute Gasteiger partial charge is 0.496 e. The lowest BCUT2D eigenvalue weighted by Gasteiger charge is -2.16. The van der Waals surface area contributed by atoms with Crippen molar-refractivity contribution in [3.8, 4) is 5.75 Å². The number of hydrogen-bond donors (Lipinski definition) is 3. The fourth-order valence-electron chi connectivity index (χ4n) is 3.81. The van der Waals surface area contributed by atoms with Gasteiger partial charge in [0.2, 0.25) is 0 Å². The molecule has 8 nitrogen and oxygen atoms in total. The van der Waals surface area contributed by atoms with Crippen LogP contribution in [0.3, 0.4) is 0 Å². The first-order chi connectivity index (χ1) is 14.0. The lowest BCUT2D eigenvalue weighted by molar-refractivity contribution is 0.0928. The second-order valence-electron chi connectivity index (χ2n) is 7.25. The van der Waals surface area contributed by atoms with Crippen LogP contribution in [-0.4, -0.2) is 55.3 Å². The molecule has 29 heavy (non-hydrogen) atoms. The third-order valence-corrected chi connectivity index (χ3v) is 5.53. The molecule has 2 heterocycles. The summed E-state index contributed by atoms with van der Waals surface area (Å²) in [4.78, 5) is 29.3. The quantitative estimate of drug-likeness (QED) is 0.668. The first-order valence-electron chi connectivity index (χ1n) is 9.47. The molecule has 2 fully saturated rings. The van der Waals surface area contributed by atoms with Crippen molar-refractivity contribution in [1.29, 1.82) is 0 Å². The summed E-state index contributed by atoms with van der Waals surface area (Å²) in [6.45, 7) is 1.32. The number of aromatic nitrogens is 1. The van der Waals surface area contributed by atoms with Gasteiger partial charge in [0.15, 0.2) is 0 Å². The maximum absolute atomic E-state index is 12.8. The van der Waals surface area contributed by atoms with E-state index < -0.39 is 12.0 Å². The fourth-order valence-corrected chi connectivity index (χ4v) is 3.81. The van der Waals surface area contributed by atoms with Gasteiger partial charge < -0.3 is 25.2 Å². The summed E-state index contributed by atoms with van der Waals surface area (Å²) in [5.74, 6) is 0.467. The van der Waals surface area contributed by atoms with Gasteiger partial charge in [-0.3, -0.25) is 9.59 Å². The van der Waals surface area contributed by atoms with Crippen LogP contribution in [0.5, 0.6) is 5.75 Å². The van der Waals surface area contributed by atoms with Crippen LogP contribution in [0.4, 0.5) is 0 Å². The van der Waals surface area contributed by atoms with Crippen LogP contribution in [0, 0.1) is 11.8 Å². The number of carbonyl (C=O) groups excluding carboxylic acids is 2. The van der Waals surface area contributed by atoms with Gasteiger partial charge in [-0.1, -0.05) is 18.2 Å². The Morgan fingerprint density at radius 2 is 1.93 bits per heavy atom. The van der Waals surface area contributed by atoms with Crippen molar-refractivity contribution < 1.29 is 24.2 Å². The Morgan fingerprint density at radius 3 is 2.62 bits per heavy atom. The molecular formula is C21H23N3O5. The number of hydrogen-bond acceptors (Lipinski definition) is 6. The molecule has 0 bridgehead atoms. The summed E-state index contributed by atoms with van der Waals surface area (Å²) in [5.41, 5.74) is 1.02. The molecule has 4 atom stereocenters. The van der Waals surface area contributed by atoms with Crippen molar-refractivity contribution in [2.45, 2.75) is 12.1 Å². The van der Waals surface area contributed by atoms with Gasteiger partial charge in [-0.2, -0.15) is 0 Å². The number of ether oxygens (including phenoxy) is 2. The van der Waals surface area contributed by atoms with Crippen molar-refractivity contribution in [2.75, 3.05) is 27.4 Å². The highest BCUT2D eigenvalue weighted by atomic mass is 16.5. The van der Waals surface area contributed by atoms with Gasteiger partial charge in [-0.25, -0.2) is 4.98 Å². The summed E-state index contributed by atoms with van der Waals surface area (Å²) in [7, 11) is 2.99. The molecule has 152 valence electrons. The summed E-state index contributed by atoms with van der Waals surface area (Å²) in [5, 5.41) is 16.4. The van der Waals surface area contributed by atoms with E-state index in [4.69, 9.17) is 9.47 Å². The van der Waals surface area contributed by atoms with Crippen LogP contribution >= 0.6 is 0 Å². The third-order valence-electron chi connectivity index (χ3n) is 5.53. The molecule has 4 rings (SSSR count). The Kier molecular flexibility index (Phi) is 5.21. The van der Waals surface area contributed by atoms with Gasteiger partial charge >= 0.3 is 0 Å². The number of aliphatic hydroxyl groups is 1. The Hall–Kier alpha value is -2.97. The molecule has 2 amide bonds. The first-order valence-corrected chi connectivity index (χ1v) is 9.47. The molecule has 8 heteroatoms. The van der Waals surface area contributed by atoms with Crippen LogP contribution < -0.4 is 15.4 Å². The zero-order valence-electron chi connectivity index (χ0n) is 16.2. The monoisotopic (exact) mass is 397 g/mol. The van der Waals surface area contributed by atoms with Gasteiger partial charge in [0.1, 0.15) is 17.5 Å². The Labute approximate surface area is 168 Å². The van der Waals surface area contributed by atoms with Crippen LogP contribution in [0.1, 0.15) is 38.2 Å². The Balaban J connectivity index is 1.65. The molecule has 0 radical (unpaired) electrons. The smallest absolute Gasteiger partial charge is 0.269 e. The number of rotatable bonds is 6. The number of amides is 2. The third kappa shape index (κ3) is 3.68. The lowest BCUT2D eigenvalue weighted by atomic mass is 10.0. The second kappa shape index (κ2) is 7.81. The number of para-hydroxylation sites is 1. The van der Waals surface area contributed by atoms with E-state index in [1.807, 2.05) is 0 Å². The van der Waals surface area contributed by atoms with E-state index in [0.29, 0.717) is 36.4 Å². The maximum atomic E-state index is 12.8. The first kappa shape index (κ1) is 19.4. The van der Waals surface area contributed by atoms with Crippen molar-refractivity contribution in [3.05, 3.63) is 58.9 Å². The van der Waals surface area contributed by atoms with E-state index in [-0.39, 0.29) is 28.9 Å². The number of carbonyl (C=O) groups is 2. The van der Waals surface area contributed by atoms with E-state index in [1.165, 1.54) is 26.3 Å². The standard InChI is InChI=1S/C21H23N3O5/c1-22-21(27)16-8-11(20(26)24-18-13-9-29-10-14(13)18)7-15(23-16)19(25)12-5-3-4-6-17(12)28-2/h3-8,13-14,18-19,25H,9-10H2,1-2H3,(H,22,27)(H,24,26)/t13-,14+,18+,19-/m1/s1. The number of nitrogens with zero attached hydrogens (tertiary/aromatic N) is 1. The van der Waals surface area contributed by atoms with Gasteiger partial charge in [0.25, 0.3) is 11.8 Å². The molecule has 1 aromatic carbocycles. The molecule has 2 aliphatic rings.